The van der Waals surface area contributed by atoms with Gasteiger partial charge in [-0.2, -0.15) is 0 Å². The Kier molecular flexibility index (Phi) is 2.29. The lowest BCUT2D eigenvalue weighted by Crippen LogP contribution is -2.39. The lowest BCUT2D eigenvalue weighted by Gasteiger charge is -2.32. The lowest BCUT2D eigenvalue weighted by molar-refractivity contribution is -0.129. The van der Waals surface area contributed by atoms with Gasteiger partial charge < -0.3 is 5.73 Å². The fourth-order valence-electron chi connectivity index (χ4n) is 3.16. The summed E-state index contributed by atoms with van der Waals surface area (Å²) in [5.41, 5.74) is 5.88. The van der Waals surface area contributed by atoms with E-state index < -0.39 is 0 Å². The molecule has 0 saturated heterocycles. The highest BCUT2D eigenvalue weighted by molar-refractivity contribution is 5.94. The molecule has 2 fully saturated rings. The van der Waals surface area contributed by atoms with Crippen LogP contribution in [0.25, 0.3) is 0 Å². The van der Waals surface area contributed by atoms with Gasteiger partial charge in [0.2, 0.25) is 0 Å². The van der Waals surface area contributed by atoms with Crippen molar-refractivity contribution in [3.63, 3.8) is 0 Å². The van der Waals surface area contributed by atoms with Gasteiger partial charge in [-0.15, -0.1) is 12.4 Å². The Morgan fingerprint density at radius 3 is 2.15 bits per heavy atom. The molecule has 2 N–H and O–H groups in total. The van der Waals surface area contributed by atoms with Gasteiger partial charge in [-0.05, 0) is 24.2 Å². The summed E-state index contributed by atoms with van der Waals surface area (Å²) in [6.07, 6.45) is 2.17. The summed E-state index contributed by atoms with van der Waals surface area (Å²) in [6.45, 7) is 6.47. The molecule has 2 rings (SSSR count). The van der Waals surface area contributed by atoms with Gasteiger partial charge in [0, 0.05) is 5.41 Å². The second kappa shape index (κ2) is 2.71. The minimum absolute atomic E-state index is 0. The summed E-state index contributed by atoms with van der Waals surface area (Å²) in [6, 6.07) is -0.182. The van der Waals surface area contributed by atoms with Crippen LogP contribution in [0.5, 0.6) is 0 Å². The van der Waals surface area contributed by atoms with E-state index in [-0.39, 0.29) is 29.3 Å². The first-order chi connectivity index (χ1) is 5.41. The van der Waals surface area contributed by atoms with E-state index in [0.717, 1.165) is 12.8 Å². The molecule has 0 aliphatic heterocycles. The maximum atomic E-state index is 11.8. The molecule has 13 heavy (non-hydrogen) atoms. The van der Waals surface area contributed by atoms with Crippen molar-refractivity contribution < 1.29 is 4.79 Å². The van der Waals surface area contributed by atoms with Crippen molar-refractivity contribution in [2.75, 3.05) is 0 Å². The molecule has 0 aromatic carbocycles. The van der Waals surface area contributed by atoms with Gasteiger partial charge in [0.15, 0.2) is 5.78 Å². The number of fused-ring (bicyclic) bond motifs is 2. The van der Waals surface area contributed by atoms with E-state index in [0.29, 0.717) is 11.7 Å². The van der Waals surface area contributed by atoms with Gasteiger partial charge in [0.1, 0.15) is 0 Å². The Bertz CT molecular complexity index is 251. The first-order valence-electron chi connectivity index (χ1n) is 4.71. The highest BCUT2D eigenvalue weighted by Crippen LogP contribution is 2.62. The molecule has 2 aliphatic rings. The molecule has 2 aliphatic carbocycles. The predicted octanol–water partition coefficient (Wildman–Crippen LogP) is 1.76. The fraction of sp³-hybridized carbons (Fsp3) is 0.900. The van der Waals surface area contributed by atoms with Crippen molar-refractivity contribution in [1.29, 1.82) is 0 Å². The second-order valence-corrected chi connectivity index (χ2v) is 5.09. The van der Waals surface area contributed by atoms with E-state index in [1.807, 2.05) is 0 Å². The number of halogens is 1. The number of rotatable bonds is 0. The summed E-state index contributed by atoms with van der Waals surface area (Å²) in [7, 11) is 0. The number of nitrogens with two attached hydrogens (primary N) is 1. The second-order valence-electron chi connectivity index (χ2n) is 5.09. The first kappa shape index (κ1) is 11.0. The van der Waals surface area contributed by atoms with Crippen LogP contribution in [0.15, 0.2) is 0 Å². The maximum absolute atomic E-state index is 11.8. The summed E-state index contributed by atoms with van der Waals surface area (Å²) in [4.78, 5) is 11.8. The molecule has 0 spiro atoms. The van der Waals surface area contributed by atoms with Crippen LogP contribution in [0.2, 0.25) is 0 Å². The SMILES string of the molecule is CC12CCC(C(N)C1=O)C2(C)C.Cl. The zero-order valence-corrected chi connectivity index (χ0v) is 9.28. The van der Waals surface area contributed by atoms with Crippen molar-refractivity contribution in [2.45, 2.75) is 39.7 Å². The molecule has 2 saturated carbocycles. The van der Waals surface area contributed by atoms with Crippen LogP contribution in [0.3, 0.4) is 0 Å². The number of carbonyl (C=O) groups excluding carboxylic acids is 1. The van der Waals surface area contributed by atoms with E-state index in [9.17, 15) is 4.79 Å². The Balaban J connectivity index is 0.000000845. The van der Waals surface area contributed by atoms with Crippen molar-refractivity contribution in [2.24, 2.45) is 22.5 Å². The van der Waals surface area contributed by atoms with Crippen LogP contribution >= 0.6 is 12.4 Å². The van der Waals surface area contributed by atoms with Crippen LogP contribution in [0.1, 0.15) is 33.6 Å². The van der Waals surface area contributed by atoms with E-state index in [1.54, 1.807) is 0 Å². The van der Waals surface area contributed by atoms with Gasteiger partial charge in [0.05, 0.1) is 6.04 Å². The molecule has 0 radical (unpaired) electrons. The van der Waals surface area contributed by atoms with E-state index in [1.165, 1.54) is 0 Å². The summed E-state index contributed by atoms with van der Waals surface area (Å²) in [5.74, 6) is 0.721. The number of Topliss-reactive ketones (excluding diaryl/α,β-unsaturated/α-hetero) is 1. The smallest absolute Gasteiger partial charge is 0.156 e. The minimum atomic E-state index is -0.182. The summed E-state index contributed by atoms with van der Waals surface area (Å²) in [5, 5.41) is 0. The zero-order chi connectivity index (χ0) is 9.15. The van der Waals surface area contributed by atoms with Gasteiger partial charge in [0.25, 0.3) is 0 Å². The Labute approximate surface area is 85.7 Å². The molecular weight excluding hydrogens is 186 g/mol. The maximum Gasteiger partial charge on any atom is 0.156 e. The molecule has 76 valence electrons. The lowest BCUT2D eigenvalue weighted by atomic mass is 9.70. The molecule has 3 unspecified atom stereocenters. The highest BCUT2D eigenvalue weighted by Gasteiger charge is 2.65. The van der Waals surface area contributed by atoms with E-state index in [4.69, 9.17) is 5.73 Å². The van der Waals surface area contributed by atoms with Crippen molar-refractivity contribution in [1.82, 2.24) is 0 Å². The summed E-state index contributed by atoms with van der Waals surface area (Å²) < 4.78 is 0. The highest BCUT2D eigenvalue weighted by atomic mass is 35.5. The molecule has 0 aromatic heterocycles. The minimum Gasteiger partial charge on any atom is -0.321 e. The molecule has 0 amide bonds. The molecule has 3 atom stereocenters. The van der Waals surface area contributed by atoms with Gasteiger partial charge in [-0.3, -0.25) is 4.79 Å². The van der Waals surface area contributed by atoms with Crippen LogP contribution in [-0.4, -0.2) is 11.8 Å². The first-order valence-corrected chi connectivity index (χ1v) is 4.71. The van der Waals surface area contributed by atoms with E-state index in [2.05, 4.69) is 20.8 Å². The Hall–Kier alpha value is -0.0800. The van der Waals surface area contributed by atoms with Crippen LogP contribution < -0.4 is 5.73 Å². The summed E-state index contributed by atoms with van der Waals surface area (Å²) >= 11 is 0. The Morgan fingerprint density at radius 2 is 1.92 bits per heavy atom. The third kappa shape index (κ3) is 0.962. The van der Waals surface area contributed by atoms with Crippen LogP contribution in [-0.2, 0) is 4.79 Å². The van der Waals surface area contributed by atoms with Crippen molar-refractivity contribution >= 4 is 18.2 Å². The average Bonchev–Trinajstić information content (AvgIpc) is 2.26. The van der Waals surface area contributed by atoms with Crippen LogP contribution in [0.4, 0.5) is 0 Å². The number of hydrogen-bond donors (Lipinski definition) is 1. The van der Waals surface area contributed by atoms with Crippen molar-refractivity contribution in [3.8, 4) is 0 Å². The zero-order valence-electron chi connectivity index (χ0n) is 8.46. The molecule has 2 nitrogen and oxygen atoms in total. The van der Waals surface area contributed by atoms with Crippen LogP contribution in [0, 0.1) is 16.7 Å². The normalized spacial score (nSPS) is 46.3. The molecule has 3 heteroatoms. The molecule has 2 bridgehead atoms. The quantitative estimate of drug-likeness (QED) is 0.652. The topological polar surface area (TPSA) is 43.1 Å². The molecule has 0 heterocycles. The van der Waals surface area contributed by atoms with Gasteiger partial charge >= 0.3 is 0 Å². The van der Waals surface area contributed by atoms with Gasteiger partial charge in [-0.1, -0.05) is 20.8 Å². The Morgan fingerprint density at radius 1 is 1.38 bits per heavy atom. The van der Waals surface area contributed by atoms with E-state index >= 15 is 0 Å². The predicted molar refractivity (Wildman–Crippen MR) is 54.8 cm³/mol. The standard InChI is InChI=1S/C10H17NO.ClH/c1-9(2)6-4-5-10(9,3)8(12)7(6)11;/h6-7H,4-5,11H2,1-3H3;1H. The number of hydrogen-bond acceptors (Lipinski definition) is 2. The molecule has 0 aromatic rings. The monoisotopic (exact) mass is 203 g/mol. The van der Waals surface area contributed by atoms with Crippen molar-refractivity contribution in [3.05, 3.63) is 0 Å². The average molecular weight is 204 g/mol. The third-order valence-corrected chi connectivity index (χ3v) is 4.58. The third-order valence-electron chi connectivity index (χ3n) is 4.58. The largest absolute Gasteiger partial charge is 0.321 e. The number of carbonyl (C=O) groups is 1. The molecular formula is C10H18ClNO. The number of ketones is 1. The van der Waals surface area contributed by atoms with Gasteiger partial charge in [-0.25, -0.2) is 0 Å². The fourth-order valence-corrected chi connectivity index (χ4v) is 3.16.